The Bertz CT molecular complexity index is 366. The number of allylic oxidation sites excluding steroid dienone is 2. The van der Waals surface area contributed by atoms with Gasteiger partial charge in [0.15, 0.2) is 5.83 Å². The van der Waals surface area contributed by atoms with Crippen LogP contribution in [0.3, 0.4) is 0 Å². The third-order valence-electron chi connectivity index (χ3n) is 5.91. The van der Waals surface area contributed by atoms with Crippen molar-refractivity contribution < 1.29 is 4.39 Å². The molecular weight excluding hydrogens is 261 g/mol. The van der Waals surface area contributed by atoms with Crippen molar-refractivity contribution in [3.05, 3.63) is 11.9 Å². The minimum Gasteiger partial charge on any atom is -0.195 e. The van der Waals surface area contributed by atoms with E-state index in [4.69, 9.17) is 5.26 Å². The maximum absolute atomic E-state index is 13.0. The number of rotatable bonds is 5. The summed E-state index contributed by atoms with van der Waals surface area (Å²) < 4.78 is 13.0. The lowest BCUT2D eigenvalue weighted by Crippen LogP contribution is -2.17. The molecule has 2 fully saturated rings. The predicted octanol–water partition coefficient (Wildman–Crippen LogP) is 6.17. The van der Waals surface area contributed by atoms with Crippen LogP contribution in [0.15, 0.2) is 11.9 Å². The van der Waals surface area contributed by atoms with Crippen molar-refractivity contribution in [1.29, 1.82) is 5.26 Å². The molecule has 2 rings (SSSR count). The molecule has 0 aromatic carbocycles. The Kier molecular flexibility index (Phi) is 6.74. The van der Waals surface area contributed by atoms with E-state index in [1.165, 1.54) is 57.8 Å². The highest BCUT2D eigenvalue weighted by Gasteiger charge is 2.23. The van der Waals surface area contributed by atoms with Crippen molar-refractivity contribution in [2.45, 2.75) is 77.6 Å². The van der Waals surface area contributed by atoms with Crippen LogP contribution in [0.25, 0.3) is 0 Å². The Morgan fingerprint density at radius 3 is 1.90 bits per heavy atom. The zero-order valence-electron chi connectivity index (χ0n) is 13.5. The highest BCUT2D eigenvalue weighted by Crippen LogP contribution is 2.37. The van der Waals surface area contributed by atoms with Gasteiger partial charge in [0.05, 0.1) is 0 Å². The van der Waals surface area contributed by atoms with E-state index in [-0.39, 0.29) is 0 Å². The Morgan fingerprint density at radius 2 is 1.43 bits per heavy atom. The summed E-state index contributed by atoms with van der Waals surface area (Å²) in [5, 5.41) is 8.49. The van der Waals surface area contributed by atoms with E-state index in [1.807, 2.05) is 0 Å². The summed E-state index contributed by atoms with van der Waals surface area (Å²) in [7, 11) is 0. The number of nitrogens with zero attached hydrogens (tertiary/aromatic N) is 1. The maximum atomic E-state index is 13.0. The molecule has 0 aromatic heterocycles. The Hall–Kier alpha value is -0.840. The van der Waals surface area contributed by atoms with E-state index >= 15 is 0 Å². The van der Waals surface area contributed by atoms with Crippen LogP contribution in [0.4, 0.5) is 4.39 Å². The van der Waals surface area contributed by atoms with Gasteiger partial charge < -0.3 is 0 Å². The lowest BCUT2D eigenvalue weighted by molar-refractivity contribution is 0.224. The standard InChI is InChI=1S/C19H30FN/c1-2-15-3-5-16(6-4-15)7-8-17-9-11-18(12-10-17)13-19(20)14-21/h13,15-18H,2-12H2,1H3/t15-,16-,17-,18-. The van der Waals surface area contributed by atoms with Gasteiger partial charge in [-0.3, -0.25) is 0 Å². The first-order valence-electron chi connectivity index (χ1n) is 8.98. The number of hydrogen-bond donors (Lipinski definition) is 0. The van der Waals surface area contributed by atoms with Gasteiger partial charge in [0.1, 0.15) is 6.07 Å². The zero-order valence-corrected chi connectivity index (χ0v) is 13.5. The molecule has 0 amide bonds. The second-order valence-corrected chi connectivity index (χ2v) is 7.28. The number of hydrogen-bond acceptors (Lipinski definition) is 1. The zero-order chi connectivity index (χ0) is 15.1. The van der Waals surface area contributed by atoms with Gasteiger partial charge in [0.2, 0.25) is 0 Å². The van der Waals surface area contributed by atoms with Crippen molar-refractivity contribution in [3.63, 3.8) is 0 Å². The first-order valence-corrected chi connectivity index (χ1v) is 8.98. The largest absolute Gasteiger partial charge is 0.196 e. The summed E-state index contributed by atoms with van der Waals surface area (Å²) in [6.07, 6.45) is 16.1. The van der Waals surface area contributed by atoms with Crippen LogP contribution >= 0.6 is 0 Å². The molecular formula is C19H30FN. The van der Waals surface area contributed by atoms with Gasteiger partial charge in [0, 0.05) is 0 Å². The Balaban J connectivity index is 1.62. The molecule has 2 aliphatic rings. The second kappa shape index (κ2) is 8.57. The van der Waals surface area contributed by atoms with Crippen LogP contribution < -0.4 is 0 Å². The van der Waals surface area contributed by atoms with Crippen LogP contribution in [0.1, 0.15) is 77.6 Å². The highest BCUT2D eigenvalue weighted by atomic mass is 19.1. The normalized spacial score (nSPS) is 34.4. The highest BCUT2D eigenvalue weighted by molar-refractivity contribution is 5.13. The topological polar surface area (TPSA) is 23.8 Å². The fourth-order valence-electron chi connectivity index (χ4n) is 4.29. The predicted molar refractivity (Wildman–Crippen MR) is 85.2 cm³/mol. The molecule has 2 aliphatic carbocycles. The van der Waals surface area contributed by atoms with Gasteiger partial charge in [0.25, 0.3) is 0 Å². The van der Waals surface area contributed by atoms with Crippen molar-refractivity contribution in [3.8, 4) is 6.07 Å². The van der Waals surface area contributed by atoms with E-state index < -0.39 is 5.83 Å². The quantitative estimate of drug-likeness (QED) is 0.556. The summed E-state index contributed by atoms with van der Waals surface area (Å²) in [6.45, 7) is 2.33. The van der Waals surface area contributed by atoms with Gasteiger partial charge in [-0.15, -0.1) is 0 Å². The summed E-state index contributed by atoms with van der Waals surface area (Å²) >= 11 is 0. The summed E-state index contributed by atoms with van der Waals surface area (Å²) in [5.41, 5.74) is 0. The first-order chi connectivity index (χ1) is 10.2. The maximum Gasteiger partial charge on any atom is 0.196 e. The lowest BCUT2D eigenvalue weighted by atomic mass is 9.75. The average molecular weight is 291 g/mol. The fourth-order valence-corrected chi connectivity index (χ4v) is 4.29. The van der Waals surface area contributed by atoms with Gasteiger partial charge in [-0.05, 0) is 55.4 Å². The molecule has 2 heteroatoms. The van der Waals surface area contributed by atoms with Gasteiger partial charge in [-0.2, -0.15) is 9.65 Å². The first kappa shape index (κ1) is 16.5. The van der Waals surface area contributed by atoms with E-state index in [0.717, 1.165) is 30.6 Å². The molecule has 2 saturated carbocycles. The molecule has 0 bridgehead atoms. The van der Waals surface area contributed by atoms with Crippen LogP contribution in [0.2, 0.25) is 0 Å². The van der Waals surface area contributed by atoms with Crippen molar-refractivity contribution in [2.75, 3.05) is 0 Å². The molecule has 0 heterocycles. The SMILES string of the molecule is CC[C@H]1CC[C@H](CC[C@H]2CC[C@H](C=C(F)C#N)CC2)CC1. The second-order valence-electron chi connectivity index (χ2n) is 7.28. The molecule has 0 aliphatic heterocycles. The average Bonchev–Trinajstić information content (AvgIpc) is 2.54. The molecule has 21 heavy (non-hydrogen) atoms. The summed E-state index contributed by atoms with van der Waals surface area (Å²) in [6, 6.07) is 1.59. The monoisotopic (exact) mass is 291 g/mol. The molecule has 118 valence electrons. The smallest absolute Gasteiger partial charge is 0.195 e. The molecule has 0 radical (unpaired) electrons. The third-order valence-corrected chi connectivity index (χ3v) is 5.91. The summed E-state index contributed by atoms with van der Waals surface area (Å²) in [5.74, 6) is 2.54. The Morgan fingerprint density at radius 1 is 0.952 bits per heavy atom. The van der Waals surface area contributed by atoms with Crippen LogP contribution in [0.5, 0.6) is 0 Å². The van der Waals surface area contributed by atoms with Crippen molar-refractivity contribution in [2.24, 2.45) is 23.7 Å². The van der Waals surface area contributed by atoms with Crippen LogP contribution in [-0.2, 0) is 0 Å². The molecule has 1 nitrogen and oxygen atoms in total. The minimum absolute atomic E-state index is 0.306. The molecule has 0 unspecified atom stereocenters. The van der Waals surface area contributed by atoms with Gasteiger partial charge >= 0.3 is 0 Å². The Labute approximate surface area is 129 Å². The van der Waals surface area contributed by atoms with Gasteiger partial charge in [-0.1, -0.05) is 51.9 Å². The number of halogens is 1. The van der Waals surface area contributed by atoms with E-state index in [2.05, 4.69) is 6.92 Å². The van der Waals surface area contributed by atoms with E-state index in [0.29, 0.717) is 5.92 Å². The van der Waals surface area contributed by atoms with Crippen molar-refractivity contribution >= 4 is 0 Å². The van der Waals surface area contributed by atoms with E-state index in [9.17, 15) is 4.39 Å². The third kappa shape index (κ3) is 5.46. The van der Waals surface area contributed by atoms with E-state index in [1.54, 1.807) is 12.1 Å². The minimum atomic E-state index is -0.592. The fraction of sp³-hybridized carbons (Fsp3) is 0.842. The van der Waals surface area contributed by atoms with Crippen LogP contribution in [0, 0.1) is 35.0 Å². The lowest BCUT2D eigenvalue weighted by Gasteiger charge is -2.31. The summed E-state index contributed by atoms with van der Waals surface area (Å²) in [4.78, 5) is 0. The molecule has 0 spiro atoms. The molecule has 0 N–H and O–H groups in total. The molecule has 0 saturated heterocycles. The van der Waals surface area contributed by atoms with Gasteiger partial charge in [-0.25, -0.2) is 0 Å². The molecule has 0 aromatic rings. The van der Waals surface area contributed by atoms with Crippen LogP contribution in [-0.4, -0.2) is 0 Å². The van der Waals surface area contributed by atoms with Crippen molar-refractivity contribution in [1.82, 2.24) is 0 Å². The molecule has 0 atom stereocenters. The number of nitriles is 1.